The quantitative estimate of drug-likeness (QED) is 0.702. The Bertz CT molecular complexity index is 1010. The van der Waals surface area contributed by atoms with Crippen LogP contribution in [-0.2, 0) is 18.3 Å². The van der Waals surface area contributed by atoms with Gasteiger partial charge in [-0.05, 0) is 32.9 Å². The van der Waals surface area contributed by atoms with E-state index in [-0.39, 0.29) is 12.0 Å². The first kappa shape index (κ1) is 17.7. The highest BCUT2D eigenvalue weighted by Gasteiger charge is 2.26. The number of carbonyl (C=O) groups is 1. The number of hydrogen-bond donors (Lipinski definition) is 0. The van der Waals surface area contributed by atoms with Gasteiger partial charge in [-0.25, -0.2) is 4.98 Å². The SMILES string of the molecule is Cc1cc(C)n(CC2CN(C(=O)c3cnc4c(c3)c(C)nn4C)CCO2)n1. The van der Waals surface area contributed by atoms with Crippen molar-refractivity contribution in [1.82, 2.24) is 29.4 Å². The van der Waals surface area contributed by atoms with Gasteiger partial charge in [0.05, 0.1) is 36.2 Å². The fourth-order valence-corrected chi connectivity index (χ4v) is 3.67. The Labute approximate surface area is 157 Å². The molecule has 4 heterocycles. The molecule has 8 heteroatoms. The first-order chi connectivity index (χ1) is 12.9. The molecule has 1 fully saturated rings. The molecule has 142 valence electrons. The molecule has 0 aromatic carbocycles. The molecule has 4 rings (SSSR count). The van der Waals surface area contributed by atoms with Gasteiger partial charge in [0.15, 0.2) is 5.65 Å². The van der Waals surface area contributed by atoms with Gasteiger partial charge >= 0.3 is 0 Å². The average Bonchev–Trinajstić information content (AvgIpc) is 3.12. The molecule has 1 aliphatic heterocycles. The van der Waals surface area contributed by atoms with Crippen LogP contribution in [0.3, 0.4) is 0 Å². The third-order valence-corrected chi connectivity index (χ3v) is 5.02. The predicted molar refractivity (Wildman–Crippen MR) is 101 cm³/mol. The van der Waals surface area contributed by atoms with Crippen molar-refractivity contribution in [3.8, 4) is 0 Å². The van der Waals surface area contributed by atoms with Crippen molar-refractivity contribution in [2.75, 3.05) is 19.7 Å². The van der Waals surface area contributed by atoms with Crippen LogP contribution in [0.15, 0.2) is 18.3 Å². The number of morpholine rings is 1. The van der Waals surface area contributed by atoms with Crippen LogP contribution in [-0.4, -0.2) is 61.2 Å². The zero-order chi connectivity index (χ0) is 19.1. The van der Waals surface area contributed by atoms with Gasteiger partial charge in [0.25, 0.3) is 5.91 Å². The summed E-state index contributed by atoms with van der Waals surface area (Å²) in [5.41, 5.74) is 4.33. The number of amides is 1. The van der Waals surface area contributed by atoms with Crippen molar-refractivity contribution < 1.29 is 9.53 Å². The molecule has 1 atom stereocenters. The lowest BCUT2D eigenvalue weighted by Gasteiger charge is -2.33. The molecule has 0 aliphatic carbocycles. The van der Waals surface area contributed by atoms with Crippen LogP contribution in [0.25, 0.3) is 11.0 Å². The van der Waals surface area contributed by atoms with Crippen LogP contribution in [0.4, 0.5) is 0 Å². The summed E-state index contributed by atoms with van der Waals surface area (Å²) in [4.78, 5) is 19.3. The molecule has 3 aromatic rings. The minimum atomic E-state index is -0.0717. The zero-order valence-corrected chi connectivity index (χ0v) is 16.1. The summed E-state index contributed by atoms with van der Waals surface area (Å²) < 4.78 is 9.55. The average molecular weight is 368 g/mol. The van der Waals surface area contributed by atoms with E-state index in [1.165, 1.54) is 0 Å². The van der Waals surface area contributed by atoms with Gasteiger partial charge in [-0.2, -0.15) is 10.2 Å². The number of fused-ring (bicyclic) bond motifs is 1. The highest BCUT2D eigenvalue weighted by atomic mass is 16.5. The van der Waals surface area contributed by atoms with Gasteiger partial charge in [0.2, 0.25) is 0 Å². The third kappa shape index (κ3) is 3.32. The molecule has 0 radical (unpaired) electrons. The Morgan fingerprint density at radius 2 is 2.07 bits per heavy atom. The number of hydrogen-bond acceptors (Lipinski definition) is 5. The molecule has 0 bridgehead atoms. The standard InChI is InChI=1S/C19H24N6O2/c1-12-7-13(2)25(21-12)11-16-10-24(5-6-27-16)19(26)15-8-17-14(3)22-23(4)18(17)20-9-15/h7-9,16H,5-6,10-11H2,1-4H3. The number of nitrogens with zero attached hydrogens (tertiary/aromatic N) is 6. The lowest BCUT2D eigenvalue weighted by molar-refractivity contribution is -0.0302. The fourth-order valence-electron chi connectivity index (χ4n) is 3.67. The topological polar surface area (TPSA) is 78.1 Å². The summed E-state index contributed by atoms with van der Waals surface area (Å²) in [6, 6.07) is 3.93. The first-order valence-corrected chi connectivity index (χ1v) is 9.13. The van der Waals surface area contributed by atoms with Crippen LogP contribution in [0.5, 0.6) is 0 Å². The fraction of sp³-hybridized carbons (Fsp3) is 0.474. The van der Waals surface area contributed by atoms with E-state index in [9.17, 15) is 4.79 Å². The molecule has 8 nitrogen and oxygen atoms in total. The Kier molecular flexibility index (Phi) is 4.43. The van der Waals surface area contributed by atoms with Gasteiger partial charge in [-0.1, -0.05) is 0 Å². The molecule has 1 aliphatic rings. The van der Waals surface area contributed by atoms with Gasteiger partial charge in [0, 0.05) is 37.4 Å². The first-order valence-electron chi connectivity index (χ1n) is 9.13. The van der Waals surface area contributed by atoms with E-state index >= 15 is 0 Å². The molecule has 3 aromatic heterocycles. The number of aromatic nitrogens is 5. The van der Waals surface area contributed by atoms with Crippen molar-refractivity contribution >= 4 is 16.9 Å². The molecule has 0 spiro atoms. The van der Waals surface area contributed by atoms with Crippen LogP contribution < -0.4 is 0 Å². The highest BCUT2D eigenvalue weighted by Crippen LogP contribution is 2.19. The van der Waals surface area contributed by atoms with Gasteiger partial charge in [0.1, 0.15) is 0 Å². The Morgan fingerprint density at radius 1 is 1.26 bits per heavy atom. The number of pyridine rings is 1. The second kappa shape index (κ2) is 6.77. The summed E-state index contributed by atoms with van der Waals surface area (Å²) in [5, 5.41) is 9.78. The summed E-state index contributed by atoms with van der Waals surface area (Å²) in [7, 11) is 1.86. The Balaban J connectivity index is 1.51. The maximum Gasteiger partial charge on any atom is 0.255 e. The maximum absolute atomic E-state index is 13.0. The van der Waals surface area contributed by atoms with E-state index < -0.39 is 0 Å². The molecular formula is C19H24N6O2. The monoisotopic (exact) mass is 368 g/mol. The molecule has 0 N–H and O–H groups in total. The number of ether oxygens (including phenoxy) is 1. The van der Waals surface area contributed by atoms with E-state index in [4.69, 9.17) is 4.74 Å². The lowest BCUT2D eigenvalue weighted by Crippen LogP contribution is -2.47. The minimum Gasteiger partial charge on any atom is -0.373 e. The predicted octanol–water partition coefficient (Wildman–Crippen LogP) is 1.63. The summed E-state index contributed by atoms with van der Waals surface area (Å²) in [6.07, 6.45) is 1.56. The normalized spacial score (nSPS) is 17.6. The Morgan fingerprint density at radius 3 is 2.81 bits per heavy atom. The van der Waals surface area contributed by atoms with Crippen molar-refractivity contribution in [1.29, 1.82) is 0 Å². The summed E-state index contributed by atoms with van der Waals surface area (Å²) in [5.74, 6) is -0.0191. The highest BCUT2D eigenvalue weighted by molar-refractivity contribution is 5.97. The van der Waals surface area contributed by atoms with E-state index in [2.05, 4.69) is 15.2 Å². The van der Waals surface area contributed by atoms with Gasteiger partial charge in [-0.3, -0.25) is 14.2 Å². The second-order valence-corrected chi connectivity index (χ2v) is 7.16. The Hall–Kier alpha value is -2.74. The van der Waals surface area contributed by atoms with Gasteiger partial charge in [-0.15, -0.1) is 0 Å². The molecule has 1 unspecified atom stereocenters. The molecular weight excluding hydrogens is 344 g/mol. The molecule has 27 heavy (non-hydrogen) atoms. The van der Waals surface area contributed by atoms with Crippen LogP contribution in [0.1, 0.15) is 27.4 Å². The largest absolute Gasteiger partial charge is 0.373 e. The van der Waals surface area contributed by atoms with Crippen molar-refractivity contribution in [3.63, 3.8) is 0 Å². The maximum atomic E-state index is 13.0. The van der Waals surface area contributed by atoms with E-state index in [0.717, 1.165) is 28.1 Å². The van der Waals surface area contributed by atoms with Crippen LogP contribution in [0, 0.1) is 20.8 Å². The molecule has 1 amide bonds. The zero-order valence-electron chi connectivity index (χ0n) is 16.1. The number of rotatable bonds is 3. The van der Waals surface area contributed by atoms with E-state index in [1.807, 2.05) is 49.5 Å². The summed E-state index contributed by atoms with van der Waals surface area (Å²) in [6.45, 7) is 8.22. The lowest BCUT2D eigenvalue weighted by atomic mass is 10.1. The smallest absolute Gasteiger partial charge is 0.255 e. The van der Waals surface area contributed by atoms with Crippen molar-refractivity contribution in [2.45, 2.75) is 33.4 Å². The van der Waals surface area contributed by atoms with Crippen LogP contribution in [0.2, 0.25) is 0 Å². The second-order valence-electron chi connectivity index (χ2n) is 7.16. The van der Waals surface area contributed by atoms with E-state index in [0.29, 0.717) is 31.8 Å². The molecule has 1 saturated heterocycles. The van der Waals surface area contributed by atoms with Crippen molar-refractivity contribution in [3.05, 3.63) is 41.0 Å². The summed E-state index contributed by atoms with van der Waals surface area (Å²) >= 11 is 0. The van der Waals surface area contributed by atoms with Crippen molar-refractivity contribution in [2.24, 2.45) is 7.05 Å². The number of aryl methyl sites for hydroxylation is 4. The third-order valence-electron chi connectivity index (χ3n) is 5.02. The molecule has 0 saturated carbocycles. The van der Waals surface area contributed by atoms with E-state index in [1.54, 1.807) is 10.9 Å². The minimum absolute atomic E-state index is 0.0191. The van der Waals surface area contributed by atoms with Crippen LogP contribution >= 0.6 is 0 Å². The van der Waals surface area contributed by atoms with Gasteiger partial charge < -0.3 is 9.64 Å². The number of carbonyl (C=O) groups excluding carboxylic acids is 1.